The van der Waals surface area contributed by atoms with Crippen LogP contribution < -0.4 is 10.6 Å². The molecule has 0 aliphatic carbocycles. The van der Waals surface area contributed by atoms with Crippen molar-refractivity contribution in [2.75, 3.05) is 31.5 Å². The number of hydrogen-bond acceptors (Lipinski definition) is 7. The van der Waals surface area contributed by atoms with Crippen LogP contribution in [0.4, 0.5) is 24.5 Å². The molecule has 1 aromatic heterocycles. The van der Waals surface area contributed by atoms with Crippen LogP contribution in [0.2, 0.25) is 0 Å². The molecule has 4 amide bonds. The van der Waals surface area contributed by atoms with Crippen LogP contribution in [0.3, 0.4) is 0 Å². The average molecular weight is 679 g/mol. The van der Waals surface area contributed by atoms with E-state index in [2.05, 4.69) is 15.7 Å². The number of fused-ring (bicyclic) bond motifs is 1. The van der Waals surface area contributed by atoms with E-state index >= 15 is 0 Å². The van der Waals surface area contributed by atoms with Crippen molar-refractivity contribution in [3.63, 3.8) is 0 Å². The Morgan fingerprint density at radius 1 is 0.878 bits per heavy atom. The summed E-state index contributed by atoms with van der Waals surface area (Å²) in [5.41, 5.74) is 0.635. The molecule has 0 bridgehead atoms. The molecule has 2 aliphatic rings. The molecule has 0 radical (unpaired) electrons. The summed E-state index contributed by atoms with van der Waals surface area (Å²) < 4.78 is 25.7. The van der Waals surface area contributed by atoms with Gasteiger partial charge in [-0.25, -0.2) is 18.8 Å². The molecule has 264 valence electrons. The first-order valence-corrected chi connectivity index (χ1v) is 16.8. The Balaban J connectivity index is 1.28. The number of hydrogen-bond donors (Lipinski definition) is 2. The van der Waals surface area contributed by atoms with Crippen molar-refractivity contribution in [3.8, 4) is 0 Å². The third-order valence-corrected chi connectivity index (χ3v) is 8.56. The summed E-state index contributed by atoms with van der Waals surface area (Å²) in [5, 5.41) is 10.6. The van der Waals surface area contributed by atoms with E-state index < -0.39 is 41.4 Å². The highest BCUT2D eigenvalue weighted by atomic mass is 19.1. The first-order chi connectivity index (χ1) is 23.0. The smallest absolute Gasteiger partial charge is 0.435 e. The second kappa shape index (κ2) is 14.4. The lowest BCUT2D eigenvalue weighted by atomic mass is 9.87. The van der Waals surface area contributed by atoms with E-state index in [-0.39, 0.29) is 24.2 Å². The minimum atomic E-state index is -0.698. The van der Waals surface area contributed by atoms with Crippen molar-refractivity contribution in [2.24, 2.45) is 11.8 Å². The monoisotopic (exact) mass is 678 g/mol. The topological polar surface area (TPSA) is 135 Å². The second-order valence-corrected chi connectivity index (χ2v) is 15.0. The van der Waals surface area contributed by atoms with Crippen LogP contribution in [-0.4, -0.2) is 87.1 Å². The normalized spacial score (nSPS) is 20.1. The van der Waals surface area contributed by atoms with E-state index in [0.29, 0.717) is 42.6 Å². The molecule has 2 aromatic carbocycles. The largest absolute Gasteiger partial charge is 0.444 e. The first kappa shape index (κ1) is 35.6. The highest BCUT2D eigenvalue weighted by molar-refractivity contribution is 5.95. The Morgan fingerprint density at radius 2 is 1.57 bits per heavy atom. The SMILES string of the molecule is CC(C)(C)OC(=O)N1CC[C@@H](NC(=O)Nc2ccc3c(cnn3C(=O)OC(C)(C)C)c2)[C@H](C(=O)N2CCCC(Cc3ccc(F)cc3)C2)C1. The summed E-state index contributed by atoms with van der Waals surface area (Å²) in [7, 11) is 0. The molecular weight excluding hydrogens is 631 g/mol. The van der Waals surface area contributed by atoms with Gasteiger partial charge in [0.25, 0.3) is 0 Å². The number of anilines is 1. The van der Waals surface area contributed by atoms with Crippen LogP contribution in [0.1, 0.15) is 66.4 Å². The van der Waals surface area contributed by atoms with Gasteiger partial charge in [0.15, 0.2) is 0 Å². The van der Waals surface area contributed by atoms with Crippen molar-refractivity contribution in [2.45, 2.75) is 84.5 Å². The van der Waals surface area contributed by atoms with Crippen molar-refractivity contribution in [1.29, 1.82) is 0 Å². The molecule has 49 heavy (non-hydrogen) atoms. The van der Waals surface area contributed by atoms with Gasteiger partial charge in [0.2, 0.25) is 5.91 Å². The minimum absolute atomic E-state index is 0.105. The maximum Gasteiger partial charge on any atom is 0.435 e. The van der Waals surface area contributed by atoms with Crippen LogP contribution in [0.15, 0.2) is 48.7 Å². The number of rotatable bonds is 5. The van der Waals surface area contributed by atoms with Gasteiger partial charge in [0.05, 0.1) is 17.6 Å². The van der Waals surface area contributed by atoms with Gasteiger partial charge in [-0.15, -0.1) is 0 Å². The number of likely N-dealkylation sites (tertiary alicyclic amines) is 2. The lowest BCUT2D eigenvalue weighted by Gasteiger charge is -2.42. The Labute approximate surface area is 286 Å². The summed E-state index contributed by atoms with van der Waals surface area (Å²) in [5.74, 6) is -0.893. The number of piperidine rings is 2. The number of aromatic nitrogens is 2. The summed E-state index contributed by atoms with van der Waals surface area (Å²) in [4.78, 5) is 56.5. The zero-order chi connectivity index (χ0) is 35.5. The van der Waals surface area contributed by atoms with Crippen LogP contribution >= 0.6 is 0 Å². The number of nitrogens with zero attached hydrogens (tertiary/aromatic N) is 4. The number of ether oxygens (including phenoxy) is 2. The summed E-state index contributed by atoms with van der Waals surface area (Å²) in [6.07, 6.45) is 3.27. The van der Waals surface area contributed by atoms with E-state index in [1.54, 1.807) is 76.8 Å². The van der Waals surface area contributed by atoms with Gasteiger partial charge in [0.1, 0.15) is 17.0 Å². The van der Waals surface area contributed by atoms with Gasteiger partial charge in [0, 0.05) is 43.3 Å². The molecular formula is C36H47FN6O6. The molecule has 13 heteroatoms. The summed E-state index contributed by atoms with van der Waals surface area (Å²) in [6.45, 7) is 12.2. The quantitative estimate of drug-likeness (QED) is 0.329. The molecule has 2 saturated heterocycles. The van der Waals surface area contributed by atoms with Gasteiger partial charge in [-0.3, -0.25) is 4.79 Å². The van der Waals surface area contributed by atoms with Gasteiger partial charge >= 0.3 is 18.2 Å². The van der Waals surface area contributed by atoms with E-state index in [0.717, 1.165) is 24.8 Å². The molecule has 0 saturated carbocycles. The Hall–Kier alpha value is -4.68. The number of carbonyl (C=O) groups excluding carboxylic acids is 4. The lowest BCUT2D eigenvalue weighted by molar-refractivity contribution is -0.140. The molecule has 5 rings (SSSR count). The fraction of sp³-hybridized carbons (Fsp3) is 0.528. The third kappa shape index (κ3) is 9.48. The van der Waals surface area contributed by atoms with E-state index in [9.17, 15) is 23.6 Å². The number of amides is 4. The highest BCUT2D eigenvalue weighted by Crippen LogP contribution is 2.27. The fourth-order valence-electron chi connectivity index (χ4n) is 6.38. The van der Waals surface area contributed by atoms with E-state index in [1.807, 2.05) is 4.90 Å². The van der Waals surface area contributed by atoms with Crippen molar-refractivity contribution >= 4 is 40.7 Å². The highest BCUT2D eigenvalue weighted by Gasteiger charge is 2.41. The zero-order valence-corrected chi connectivity index (χ0v) is 29.1. The summed E-state index contributed by atoms with van der Waals surface area (Å²) >= 11 is 0. The van der Waals surface area contributed by atoms with Crippen LogP contribution in [0.25, 0.3) is 10.9 Å². The zero-order valence-electron chi connectivity index (χ0n) is 29.1. The molecule has 2 fully saturated rings. The molecule has 0 spiro atoms. The number of carbonyl (C=O) groups is 4. The minimum Gasteiger partial charge on any atom is -0.444 e. The van der Waals surface area contributed by atoms with Crippen LogP contribution in [0, 0.1) is 17.7 Å². The molecule has 2 N–H and O–H groups in total. The number of urea groups is 1. The van der Waals surface area contributed by atoms with Crippen molar-refractivity contribution in [1.82, 2.24) is 24.9 Å². The van der Waals surface area contributed by atoms with Crippen LogP contribution in [-0.2, 0) is 20.7 Å². The Kier molecular flexibility index (Phi) is 10.5. The predicted octanol–water partition coefficient (Wildman–Crippen LogP) is 6.19. The standard InChI is InChI=1S/C36H47FN6O6/c1-35(2,3)48-33(46)42-17-15-29(28(22-42)31(44)41-16-7-8-24(21-41)18-23-9-11-26(37)12-10-23)40-32(45)39-27-13-14-30-25(19-27)20-38-43(30)34(47)49-36(4,5)6/h9-14,19-20,24,28-29H,7-8,15-18,21-22H2,1-6H3,(H2,39,40,45)/t24?,28-,29-/m1/s1. The lowest BCUT2D eigenvalue weighted by Crippen LogP contribution is -2.59. The average Bonchev–Trinajstić information content (AvgIpc) is 3.44. The molecule has 1 unspecified atom stereocenters. The number of benzene rings is 2. The predicted molar refractivity (Wildman–Crippen MR) is 183 cm³/mol. The fourth-order valence-corrected chi connectivity index (χ4v) is 6.38. The van der Waals surface area contributed by atoms with Crippen LogP contribution in [0.5, 0.6) is 0 Å². The van der Waals surface area contributed by atoms with Gasteiger partial charge < -0.3 is 29.9 Å². The maximum absolute atomic E-state index is 14.2. The van der Waals surface area contributed by atoms with Crippen molar-refractivity contribution < 1.29 is 33.0 Å². The van der Waals surface area contributed by atoms with E-state index in [4.69, 9.17) is 9.47 Å². The Morgan fingerprint density at radius 3 is 2.27 bits per heavy atom. The molecule has 3 atom stereocenters. The Bertz CT molecular complexity index is 1680. The maximum atomic E-state index is 14.2. The first-order valence-electron chi connectivity index (χ1n) is 16.8. The number of nitrogens with one attached hydrogen (secondary N) is 2. The van der Waals surface area contributed by atoms with E-state index in [1.165, 1.54) is 23.0 Å². The molecule has 3 aromatic rings. The molecule has 12 nitrogen and oxygen atoms in total. The second-order valence-electron chi connectivity index (χ2n) is 15.0. The van der Waals surface area contributed by atoms with Gasteiger partial charge in [-0.05, 0) is 109 Å². The summed E-state index contributed by atoms with van der Waals surface area (Å²) in [6, 6.07) is 10.4. The van der Waals surface area contributed by atoms with Crippen molar-refractivity contribution in [3.05, 3.63) is 60.0 Å². The molecule has 3 heterocycles. The molecule has 2 aliphatic heterocycles. The third-order valence-electron chi connectivity index (χ3n) is 8.56. The van der Waals surface area contributed by atoms with Gasteiger partial charge in [-0.1, -0.05) is 12.1 Å². The van der Waals surface area contributed by atoms with Gasteiger partial charge in [-0.2, -0.15) is 9.78 Å². The number of halogens is 1.